The monoisotopic (exact) mass is 178 g/mol. The largest absolute Gasteiger partial charge is 0.330 e. The molecular formula is C7H11B5N2. The average molecular weight is 177 g/mol. The Bertz CT molecular complexity index is 429. The molecule has 0 fully saturated rings. The molecule has 0 N–H and O–H groups in total. The molecule has 1 heterocycles. The van der Waals surface area contributed by atoms with Gasteiger partial charge in [-0.05, 0) is 6.07 Å². The van der Waals surface area contributed by atoms with Gasteiger partial charge in [0.1, 0.15) is 0 Å². The first-order chi connectivity index (χ1) is 6.83. The van der Waals surface area contributed by atoms with Crippen molar-refractivity contribution < 1.29 is 0 Å². The topological polar surface area (TPSA) is 17.8 Å². The van der Waals surface area contributed by atoms with Crippen LogP contribution in [0.2, 0.25) is 0 Å². The van der Waals surface area contributed by atoms with E-state index in [-0.39, 0.29) is 0 Å². The molecule has 2 nitrogen and oxygen atoms in total. The first kappa shape index (κ1) is 9.57. The third-order valence-electron chi connectivity index (χ3n) is 2.63. The summed E-state index contributed by atoms with van der Waals surface area (Å²) in [5.41, 5.74) is 1.24. The van der Waals surface area contributed by atoms with Gasteiger partial charge in [-0.25, -0.2) is 0 Å². The van der Waals surface area contributed by atoms with Crippen molar-refractivity contribution in [2.75, 3.05) is 0 Å². The minimum atomic E-state index is 0.500. The van der Waals surface area contributed by atoms with Gasteiger partial charge in [0.15, 0.2) is 6.63 Å². The van der Waals surface area contributed by atoms with Crippen LogP contribution in [0.15, 0.2) is 30.5 Å². The van der Waals surface area contributed by atoms with Gasteiger partial charge in [0.2, 0.25) is 0 Å². The predicted molar refractivity (Wildman–Crippen MR) is 72.3 cm³/mol. The molecule has 0 radical (unpaired) electrons. The van der Waals surface area contributed by atoms with Crippen molar-refractivity contribution in [1.82, 2.24) is 9.69 Å². The van der Waals surface area contributed by atoms with Crippen LogP contribution in [0.5, 0.6) is 0 Å². The number of para-hydroxylation sites is 1. The predicted octanol–water partition coefficient (Wildman–Crippen LogP) is -2.16. The van der Waals surface area contributed by atoms with Crippen molar-refractivity contribution in [1.29, 1.82) is 0 Å². The quantitative estimate of drug-likeness (QED) is 0.488. The molecule has 1 aromatic carbocycles. The second-order valence-corrected chi connectivity index (χ2v) is 3.79. The van der Waals surface area contributed by atoms with Gasteiger partial charge in [0.25, 0.3) is 0 Å². The van der Waals surface area contributed by atoms with Crippen LogP contribution in [-0.2, 0) is 0 Å². The number of benzene rings is 1. The number of nitrogens with zero attached hydrogens (tertiary/aromatic N) is 2. The van der Waals surface area contributed by atoms with E-state index in [0.717, 1.165) is 0 Å². The van der Waals surface area contributed by atoms with Crippen molar-refractivity contribution in [3.8, 4) is 0 Å². The van der Waals surface area contributed by atoms with Crippen molar-refractivity contribution in [3.05, 3.63) is 30.5 Å². The number of hydrogen-bond donors (Lipinski definition) is 0. The zero-order valence-corrected chi connectivity index (χ0v) is 8.77. The molecule has 0 atom stereocenters. The van der Waals surface area contributed by atoms with Gasteiger partial charge in [0, 0.05) is 12.4 Å². The van der Waals surface area contributed by atoms with Gasteiger partial charge in [-0.1, -0.05) is 18.2 Å². The summed E-state index contributed by atoms with van der Waals surface area (Å²) >= 11 is 0. The van der Waals surface area contributed by atoms with Crippen molar-refractivity contribution in [2.45, 2.75) is 0 Å². The molecule has 0 spiro atoms. The first-order valence-electron chi connectivity index (χ1n) is 5.25. The maximum atomic E-state index is 4.43. The van der Waals surface area contributed by atoms with E-state index in [1.54, 1.807) is 0 Å². The number of hydrogen-bond acceptors (Lipinski definition) is 1. The van der Waals surface area contributed by atoms with Gasteiger partial charge in [-0.3, -0.25) is 0 Å². The highest BCUT2D eigenvalue weighted by molar-refractivity contribution is 7.54. The van der Waals surface area contributed by atoms with Crippen molar-refractivity contribution in [3.63, 3.8) is 0 Å². The highest BCUT2D eigenvalue weighted by atomic mass is 15.2. The van der Waals surface area contributed by atoms with Crippen LogP contribution < -0.4 is 0 Å². The molecule has 0 aliphatic heterocycles. The molecule has 0 saturated carbocycles. The highest BCUT2D eigenvalue weighted by Crippen LogP contribution is 2.11. The van der Waals surface area contributed by atoms with Gasteiger partial charge in [-0.2, -0.15) is 5.10 Å². The molecule has 0 aliphatic carbocycles. The Morgan fingerprint density at radius 1 is 1.36 bits per heavy atom. The molecule has 14 heavy (non-hydrogen) atoms. The molecule has 0 aliphatic rings. The average Bonchev–Trinajstić information content (AvgIpc) is 2.61. The first-order valence-corrected chi connectivity index (χ1v) is 5.25. The summed E-state index contributed by atoms with van der Waals surface area (Å²) in [6.45, 7) is 0.500. The summed E-state index contributed by atoms with van der Waals surface area (Å²) < 4.78 is 2.12. The van der Waals surface area contributed by atoms with Crippen LogP contribution in [-0.4, -0.2) is 45.9 Å². The van der Waals surface area contributed by atoms with E-state index in [2.05, 4.69) is 49.4 Å². The number of rotatable bonds is 3. The third-order valence-corrected chi connectivity index (χ3v) is 2.63. The number of fused-ring (bicyclic) bond motifs is 1. The second kappa shape index (κ2) is 4.03. The molecule has 0 unspecified atom stereocenters. The van der Waals surface area contributed by atoms with Crippen LogP contribution in [0.1, 0.15) is 0 Å². The maximum absolute atomic E-state index is 4.43. The smallest absolute Gasteiger partial charge is 0.195 e. The lowest BCUT2D eigenvalue weighted by atomic mass is 9.02. The van der Waals surface area contributed by atoms with Crippen LogP contribution in [0.4, 0.5) is 0 Å². The fraction of sp³-hybridized carbons (Fsp3) is 0. The summed E-state index contributed by atoms with van der Waals surface area (Å²) in [5.74, 6) is 0. The SMILES string of the molecule is BBBB(B)n1ncc2ccccc21. The van der Waals surface area contributed by atoms with Crippen LogP contribution >= 0.6 is 0 Å². The summed E-state index contributed by atoms with van der Waals surface area (Å²) in [5, 5.41) is 5.66. The molecule has 64 valence electrons. The standard InChI is InChI=1S/C7H11B5N2/c8-10-11-12(9)14-7-4-2-1-3-6(7)5-13-14/h1-5,10-11H,8-9H2. The molecule has 2 aromatic rings. The fourth-order valence-corrected chi connectivity index (χ4v) is 1.88. The van der Waals surface area contributed by atoms with Crippen LogP contribution in [0, 0.1) is 0 Å². The van der Waals surface area contributed by atoms with E-state index in [1.807, 2.05) is 6.20 Å². The summed E-state index contributed by atoms with van der Waals surface area (Å²) in [6.07, 6.45) is 1.95. The van der Waals surface area contributed by atoms with Crippen molar-refractivity contribution >= 4 is 47.1 Å². The van der Waals surface area contributed by atoms with E-state index in [0.29, 0.717) is 6.63 Å². The summed E-state index contributed by atoms with van der Waals surface area (Å²) in [4.78, 5) is 0. The molecule has 0 bridgehead atoms. The Morgan fingerprint density at radius 3 is 2.93 bits per heavy atom. The van der Waals surface area contributed by atoms with Gasteiger partial charge in [0.05, 0.1) is 34.2 Å². The Kier molecular flexibility index (Phi) is 2.75. The Hall–Kier alpha value is -0.985. The maximum Gasteiger partial charge on any atom is 0.195 e. The van der Waals surface area contributed by atoms with Gasteiger partial charge >= 0.3 is 0 Å². The summed E-state index contributed by atoms with van der Waals surface area (Å²) in [7, 11) is 6.83. The zero-order chi connectivity index (χ0) is 9.97. The van der Waals surface area contributed by atoms with Crippen LogP contribution in [0.25, 0.3) is 10.9 Å². The lowest BCUT2D eigenvalue weighted by Gasteiger charge is -2.07. The van der Waals surface area contributed by atoms with Crippen LogP contribution in [0.3, 0.4) is 0 Å². The fourth-order valence-electron chi connectivity index (χ4n) is 1.88. The molecule has 2 rings (SSSR count). The molecule has 1 aromatic heterocycles. The Labute approximate surface area is 87.8 Å². The van der Waals surface area contributed by atoms with Gasteiger partial charge in [-0.15, -0.1) is 0 Å². The summed E-state index contributed by atoms with van der Waals surface area (Å²) in [6, 6.07) is 8.37. The molecule has 0 saturated heterocycles. The zero-order valence-electron chi connectivity index (χ0n) is 8.77. The minimum absolute atomic E-state index is 0.500. The van der Waals surface area contributed by atoms with E-state index in [9.17, 15) is 0 Å². The van der Waals surface area contributed by atoms with E-state index >= 15 is 0 Å². The Morgan fingerprint density at radius 2 is 2.14 bits per heavy atom. The highest BCUT2D eigenvalue weighted by Gasteiger charge is 2.12. The van der Waals surface area contributed by atoms with E-state index < -0.39 is 0 Å². The molecule has 7 heteroatoms. The minimum Gasteiger partial charge on any atom is -0.330 e. The van der Waals surface area contributed by atoms with Crippen molar-refractivity contribution in [2.24, 2.45) is 0 Å². The second-order valence-electron chi connectivity index (χ2n) is 3.79. The lowest BCUT2D eigenvalue weighted by Crippen LogP contribution is -2.37. The lowest BCUT2D eigenvalue weighted by molar-refractivity contribution is 1.01. The molecule has 0 amide bonds. The van der Waals surface area contributed by atoms with E-state index in [1.165, 1.54) is 25.0 Å². The molecular weight excluding hydrogens is 166 g/mol. The van der Waals surface area contributed by atoms with Gasteiger partial charge < -0.3 is 4.59 Å². The normalized spacial score (nSPS) is 10.0. The Balaban J connectivity index is 2.42. The van der Waals surface area contributed by atoms with E-state index in [4.69, 9.17) is 0 Å². The third kappa shape index (κ3) is 1.63. The number of aromatic nitrogens is 2.